The summed E-state index contributed by atoms with van der Waals surface area (Å²) in [6.07, 6.45) is 4.87. The molecule has 1 heterocycles. The molecule has 1 aromatic rings. The standard InChI is InChI=1S/C10H16BrN3O/c1-8-9(7-13-14-8)10(15)12-6-4-2-3-5-11/h7H,2-6H2,1H3,(H,12,15)(H,13,14). The third-order valence-electron chi connectivity index (χ3n) is 2.17. The largest absolute Gasteiger partial charge is 0.352 e. The van der Waals surface area contributed by atoms with Crippen molar-refractivity contribution in [3.05, 3.63) is 17.5 Å². The highest BCUT2D eigenvalue weighted by atomic mass is 79.9. The van der Waals surface area contributed by atoms with Gasteiger partial charge >= 0.3 is 0 Å². The number of unbranched alkanes of at least 4 members (excludes halogenated alkanes) is 2. The number of H-pyrrole nitrogens is 1. The number of nitrogens with zero attached hydrogens (tertiary/aromatic N) is 1. The van der Waals surface area contributed by atoms with Gasteiger partial charge in [-0.2, -0.15) is 5.10 Å². The molecule has 2 N–H and O–H groups in total. The lowest BCUT2D eigenvalue weighted by atomic mass is 10.2. The van der Waals surface area contributed by atoms with Crippen molar-refractivity contribution in [2.75, 3.05) is 11.9 Å². The number of aromatic nitrogens is 2. The Balaban J connectivity index is 2.22. The predicted octanol–water partition coefficient (Wildman–Crippen LogP) is 2.01. The fraction of sp³-hybridized carbons (Fsp3) is 0.600. The highest BCUT2D eigenvalue weighted by Gasteiger charge is 2.09. The van der Waals surface area contributed by atoms with Gasteiger partial charge in [-0.15, -0.1) is 0 Å². The van der Waals surface area contributed by atoms with Crippen LogP contribution in [0, 0.1) is 6.92 Å². The lowest BCUT2D eigenvalue weighted by molar-refractivity contribution is 0.0952. The van der Waals surface area contributed by atoms with Gasteiger partial charge in [-0.05, 0) is 19.8 Å². The molecule has 1 aromatic heterocycles. The molecule has 0 saturated carbocycles. The third-order valence-corrected chi connectivity index (χ3v) is 2.73. The number of hydrogen-bond donors (Lipinski definition) is 2. The van der Waals surface area contributed by atoms with Gasteiger partial charge in [0, 0.05) is 17.6 Å². The van der Waals surface area contributed by atoms with Gasteiger partial charge in [-0.3, -0.25) is 9.89 Å². The number of aromatic amines is 1. The second-order valence-corrected chi connectivity index (χ2v) is 4.21. The maximum atomic E-state index is 11.6. The van der Waals surface area contributed by atoms with Crippen LogP contribution in [0.3, 0.4) is 0 Å². The molecule has 5 heteroatoms. The molecule has 0 aromatic carbocycles. The zero-order chi connectivity index (χ0) is 11.1. The molecule has 84 valence electrons. The number of hydrogen-bond acceptors (Lipinski definition) is 2. The van der Waals surface area contributed by atoms with E-state index in [2.05, 4.69) is 31.4 Å². The molecule has 0 bridgehead atoms. The smallest absolute Gasteiger partial charge is 0.254 e. The van der Waals surface area contributed by atoms with E-state index in [1.165, 1.54) is 0 Å². The summed E-state index contributed by atoms with van der Waals surface area (Å²) in [6, 6.07) is 0. The molecule has 0 aliphatic heterocycles. The van der Waals surface area contributed by atoms with Crippen molar-refractivity contribution in [2.24, 2.45) is 0 Å². The highest BCUT2D eigenvalue weighted by Crippen LogP contribution is 2.02. The van der Waals surface area contributed by atoms with Crippen molar-refractivity contribution < 1.29 is 4.79 Å². The van der Waals surface area contributed by atoms with Crippen LogP contribution in [-0.4, -0.2) is 28.0 Å². The quantitative estimate of drug-likeness (QED) is 0.616. The Bertz CT molecular complexity index is 311. The van der Waals surface area contributed by atoms with Crippen LogP contribution in [0.25, 0.3) is 0 Å². The Morgan fingerprint density at radius 3 is 2.93 bits per heavy atom. The summed E-state index contributed by atoms with van der Waals surface area (Å²) in [4.78, 5) is 11.6. The van der Waals surface area contributed by atoms with Crippen LogP contribution in [-0.2, 0) is 0 Å². The molecule has 0 aliphatic carbocycles. The first-order valence-corrected chi connectivity index (χ1v) is 6.22. The molecule has 1 rings (SSSR count). The number of carbonyl (C=O) groups is 1. The minimum atomic E-state index is -0.0416. The van der Waals surface area contributed by atoms with E-state index in [9.17, 15) is 4.79 Å². The fourth-order valence-electron chi connectivity index (χ4n) is 1.27. The molecular weight excluding hydrogens is 258 g/mol. The van der Waals surface area contributed by atoms with Crippen LogP contribution in [0.1, 0.15) is 35.3 Å². The summed E-state index contributed by atoms with van der Waals surface area (Å²) in [7, 11) is 0. The van der Waals surface area contributed by atoms with Crippen LogP contribution < -0.4 is 5.32 Å². The van der Waals surface area contributed by atoms with E-state index >= 15 is 0 Å². The molecular formula is C10H16BrN3O. The van der Waals surface area contributed by atoms with Gasteiger partial charge in [-0.1, -0.05) is 22.4 Å². The molecule has 0 unspecified atom stereocenters. The maximum absolute atomic E-state index is 11.6. The van der Waals surface area contributed by atoms with E-state index in [-0.39, 0.29) is 5.91 Å². The van der Waals surface area contributed by atoms with Crippen molar-refractivity contribution in [1.82, 2.24) is 15.5 Å². The first-order chi connectivity index (χ1) is 7.25. The second kappa shape index (κ2) is 6.61. The Kier molecular flexibility index (Phi) is 5.39. The Morgan fingerprint density at radius 1 is 1.53 bits per heavy atom. The minimum absolute atomic E-state index is 0.0416. The summed E-state index contributed by atoms with van der Waals surface area (Å²) >= 11 is 3.37. The summed E-state index contributed by atoms with van der Waals surface area (Å²) < 4.78 is 0. The van der Waals surface area contributed by atoms with Crippen LogP contribution in [0.4, 0.5) is 0 Å². The van der Waals surface area contributed by atoms with E-state index in [1.54, 1.807) is 6.20 Å². The molecule has 4 nitrogen and oxygen atoms in total. The van der Waals surface area contributed by atoms with Crippen molar-refractivity contribution in [3.63, 3.8) is 0 Å². The zero-order valence-electron chi connectivity index (χ0n) is 8.85. The number of amides is 1. The normalized spacial score (nSPS) is 10.3. The lowest BCUT2D eigenvalue weighted by Crippen LogP contribution is -2.24. The molecule has 0 saturated heterocycles. The molecule has 15 heavy (non-hydrogen) atoms. The first-order valence-electron chi connectivity index (χ1n) is 5.10. The van der Waals surface area contributed by atoms with E-state index in [1.807, 2.05) is 6.92 Å². The zero-order valence-corrected chi connectivity index (χ0v) is 10.4. The van der Waals surface area contributed by atoms with Crippen LogP contribution >= 0.6 is 15.9 Å². The number of carbonyl (C=O) groups excluding carboxylic acids is 1. The van der Waals surface area contributed by atoms with Gasteiger partial charge in [0.1, 0.15) is 0 Å². The first kappa shape index (κ1) is 12.2. The topological polar surface area (TPSA) is 57.8 Å². The van der Waals surface area contributed by atoms with E-state index in [0.717, 1.165) is 36.8 Å². The Labute approximate surface area is 98.0 Å². The van der Waals surface area contributed by atoms with Gasteiger partial charge in [0.25, 0.3) is 5.91 Å². The van der Waals surface area contributed by atoms with Gasteiger partial charge in [-0.25, -0.2) is 0 Å². The van der Waals surface area contributed by atoms with Crippen molar-refractivity contribution in [1.29, 1.82) is 0 Å². The van der Waals surface area contributed by atoms with E-state index in [0.29, 0.717) is 5.56 Å². The minimum Gasteiger partial charge on any atom is -0.352 e. The number of aryl methyl sites for hydroxylation is 1. The molecule has 0 atom stereocenters. The number of rotatable bonds is 6. The molecule has 1 amide bonds. The third kappa shape index (κ3) is 4.03. The maximum Gasteiger partial charge on any atom is 0.254 e. The van der Waals surface area contributed by atoms with Crippen LogP contribution in [0.5, 0.6) is 0 Å². The number of alkyl halides is 1. The van der Waals surface area contributed by atoms with E-state index in [4.69, 9.17) is 0 Å². The van der Waals surface area contributed by atoms with Crippen molar-refractivity contribution >= 4 is 21.8 Å². The second-order valence-electron chi connectivity index (χ2n) is 3.41. The Morgan fingerprint density at radius 2 is 2.33 bits per heavy atom. The van der Waals surface area contributed by atoms with Gasteiger partial charge in [0.15, 0.2) is 0 Å². The summed E-state index contributed by atoms with van der Waals surface area (Å²) in [5, 5.41) is 10.5. The van der Waals surface area contributed by atoms with Crippen LogP contribution in [0.2, 0.25) is 0 Å². The molecule has 0 spiro atoms. The summed E-state index contributed by atoms with van der Waals surface area (Å²) in [5.74, 6) is -0.0416. The predicted molar refractivity (Wildman–Crippen MR) is 63.3 cm³/mol. The Hall–Kier alpha value is -0.840. The monoisotopic (exact) mass is 273 g/mol. The molecule has 0 fully saturated rings. The van der Waals surface area contributed by atoms with Gasteiger partial charge < -0.3 is 5.32 Å². The fourth-order valence-corrected chi connectivity index (χ4v) is 1.67. The number of nitrogens with one attached hydrogen (secondary N) is 2. The van der Waals surface area contributed by atoms with Crippen molar-refractivity contribution in [3.8, 4) is 0 Å². The molecule has 0 aliphatic rings. The van der Waals surface area contributed by atoms with E-state index < -0.39 is 0 Å². The van der Waals surface area contributed by atoms with Gasteiger partial charge in [0.2, 0.25) is 0 Å². The highest BCUT2D eigenvalue weighted by molar-refractivity contribution is 9.09. The number of halogens is 1. The SMILES string of the molecule is Cc1[nH]ncc1C(=O)NCCCCCBr. The van der Waals surface area contributed by atoms with Gasteiger partial charge in [0.05, 0.1) is 11.8 Å². The van der Waals surface area contributed by atoms with Crippen molar-refractivity contribution in [2.45, 2.75) is 26.2 Å². The molecule has 0 radical (unpaired) electrons. The lowest BCUT2D eigenvalue weighted by Gasteiger charge is -2.03. The average Bonchev–Trinajstić information content (AvgIpc) is 2.64. The van der Waals surface area contributed by atoms with Crippen LogP contribution in [0.15, 0.2) is 6.20 Å². The summed E-state index contributed by atoms with van der Waals surface area (Å²) in [5.41, 5.74) is 1.45. The summed E-state index contributed by atoms with van der Waals surface area (Å²) in [6.45, 7) is 2.57. The average molecular weight is 274 g/mol.